The van der Waals surface area contributed by atoms with Crippen molar-refractivity contribution >= 4 is 28.9 Å². The maximum Gasteiger partial charge on any atom is 0.431 e. The minimum atomic E-state index is -4.61. The fourth-order valence-electron chi connectivity index (χ4n) is 4.41. The second-order valence-corrected chi connectivity index (χ2v) is 9.05. The number of likely N-dealkylation sites (tertiary alicyclic amines) is 1. The highest BCUT2D eigenvalue weighted by Crippen LogP contribution is 2.35. The minimum Gasteiger partial charge on any atom is -0.497 e. The number of benzene rings is 2. The summed E-state index contributed by atoms with van der Waals surface area (Å²) in [4.78, 5) is 15.0. The first-order chi connectivity index (χ1) is 17.3. The number of hydrazone groups is 1. The quantitative estimate of drug-likeness (QED) is 0.512. The summed E-state index contributed by atoms with van der Waals surface area (Å²) in [6, 6.07) is 14.1. The number of halogens is 4. The summed E-state index contributed by atoms with van der Waals surface area (Å²) in [5, 5.41) is 7.89. The second-order valence-electron chi connectivity index (χ2n) is 8.65. The summed E-state index contributed by atoms with van der Waals surface area (Å²) < 4.78 is 50.9. The van der Waals surface area contributed by atoms with Gasteiger partial charge in [0.05, 0.1) is 23.9 Å². The van der Waals surface area contributed by atoms with Crippen LogP contribution in [-0.2, 0) is 9.53 Å². The Morgan fingerprint density at radius 1 is 1.17 bits per heavy atom. The van der Waals surface area contributed by atoms with E-state index in [1.54, 1.807) is 31.4 Å². The highest BCUT2D eigenvalue weighted by Gasteiger charge is 2.44. The van der Waals surface area contributed by atoms with E-state index in [1.165, 1.54) is 0 Å². The molecule has 2 heterocycles. The van der Waals surface area contributed by atoms with Crippen LogP contribution in [0.3, 0.4) is 0 Å². The van der Waals surface area contributed by atoms with Crippen molar-refractivity contribution in [2.75, 3.05) is 38.4 Å². The Balaban J connectivity index is 1.39. The first-order valence-corrected chi connectivity index (χ1v) is 12.1. The zero-order valence-corrected chi connectivity index (χ0v) is 20.6. The van der Waals surface area contributed by atoms with Crippen molar-refractivity contribution in [3.05, 3.63) is 59.1 Å². The van der Waals surface area contributed by atoms with Crippen LogP contribution in [0.1, 0.15) is 30.9 Å². The van der Waals surface area contributed by atoms with Gasteiger partial charge in [0.1, 0.15) is 18.1 Å². The standard InChI is InChI=1S/C25H28ClF3N4O3/c1-35-18-10-8-17(9-11-18)21(32-12-4-5-13-32)15-30-23(34)16-36-24-14-22(25(27,28)29)31-33(24)20-7-3-2-6-19(20)26/h2-3,6-11,21,24H,4-5,12-16H2,1H3,(H,30,34). The molecule has 0 saturated carbocycles. The molecule has 0 aliphatic carbocycles. The third kappa shape index (κ3) is 6.29. The number of carbonyl (C=O) groups excluding carboxylic acids is 1. The molecule has 2 aromatic rings. The minimum absolute atomic E-state index is 0.0337. The molecule has 0 bridgehead atoms. The number of para-hydroxylation sites is 1. The first kappa shape index (κ1) is 26.2. The molecule has 2 aromatic carbocycles. The number of amides is 1. The largest absolute Gasteiger partial charge is 0.497 e. The van der Waals surface area contributed by atoms with Crippen molar-refractivity contribution in [1.29, 1.82) is 0 Å². The summed E-state index contributed by atoms with van der Waals surface area (Å²) >= 11 is 6.18. The van der Waals surface area contributed by atoms with E-state index >= 15 is 0 Å². The summed E-state index contributed by atoms with van der Waals surface area (Å²) in [6.07, 6.45) is -4.05. The number of nitrogens with one attached hydrogen (secondary N) is 1. The number of alkyl halides is 3. The van der Waals surface area contributed by atoms with Crippen LogP contribution in [0.15, 0.2) is 53.6 Å². The third-order valence-electron chi connectivity index (χ3n) is 6.28. The van der Waals surface area contributed by atoms with Crippen molar-refractivity contribution in [3.63, 3.8) is 0 Å². The van der Waals surface area contributed by atoms with E-state index in [0.29, 0.717) is 6.54 Å². The van der Waals surface area contributed by atoms with Crippen LogP contribution in [0, 0.1) is 0 Å². The number of methoxy groups -OCH3 is 1. The number of hydrogen-bond donors (Lipinski definition) is 1. The van der Waals surface area contributed by atoms with Crippen LogP contribution in [0.5, 0.6) is 5.75 Å². The van der Waals surface area contributed by atoms with E-state index in [0.717, 1.165) is 42.3 Å². The molecular weight excluding hydrogens is 497 g/mol. The number of nitrogens with zero attached hydrogens (tertiary/aromatic N) is 3. The molecule has 2 atom stereocenters. The predicted octanol–water partition coefficient (Wildman–Crippen LogP) is 4.77. The van der Waals surface area contributed by atoms with Gasteiger partial charge in [-0.15, -0.1) is 0 Å². The van der Waals surface area contributed by atoms with Crippen LogP contribution in [0.25, 0.3) is 0 Å². The van der Waals surface area contributed by atoms with Gasteiger partial charge in [0, 0.05) is 13.0 Å². The summed E-state index contributed by atoms with van der Waals surface area (Å²) in [5.41, 5.74) is 0.335. The molecule has 7 nitrogen and oxygen atoms in total. The maximum absolute atomic E-state index is 13.4. The van der Waals surface area contributed by atoms with Crippen LogP contribution in [-0.4, -0.2) is 62.3 Å². The molecule has 1 amide bonds. The zero-order valence-electron chi connectivity index (χ0n) is 19.8. The average Bonchev–Trinajstić information content (AvgIpc) is 3.54. The number of rotatable bonds is 9. The highest BCUT2D eigenvalue weighted by molar-refractivity contribution is 6.33. The van der Waals surface area contributed by atoms with E-state index in [-0.39, 0.29) is 16.8 Å². The zero-order chi connectivity index (χ0) is 25.7. The Hall–Kier alpha value is -2.82. The smallest absolute Gasteiger partial charge is 0.431 e. The summed E-state index contributed by atoms with van der Waals surface area (Å²) in [5.74, 6) is 0.323. The maximum atomic E-state index is 13.4. The van der Waals surface area contributed by atoms with Gasteiger partial charge in [0.15, 0.2) is 6.23 Å². The molecule has 1 N–H and O–H groups in total. The monoisotopic (exact) mass is 524 g/mol. The molecule has 2 aliphatic heterocycles. The number of carbonyl (C=O) groups is 1. The van der Waals surface area contributed by atoms with E-state index in [2.05, 4.69) is 15.3 Å². The SMILES string of the molecule is COc1ccc(C(CNC(=O)COC2CC(C(F)(F)F)=NN2c2ccccc2Cl)N2CCCC2)cc1. The van der Waals surface area contributed by atoms with Gasteiger partial charge in [0.25, 0.3) is 0 Å². The van der Waals surface area contributed by atoms with Gasteiger partial charge in [-0.3, -0.25) is 9.69 Å². The van der Waals surface area contributed by atoms with Crippen molar-refractivity contribution in [1.82, 2.24) is 10.2 Å². The van der Waals surface area contributed by atoms with Gasteiger partial charge in [-0.2, -0.15) is 18.3 Å². The van der Waals surface area contributed by atoms with E-state index in [1.807, 2.05) is 24.3 Å². The Labute approximate surface area is 212 Å². The van der Waals surface area contributed by atoms with Gasteiger partial charge in [-0.1, -0.05) is 35.9 Å². The first-order valence-electron chi connectivity index (χ1n) is 11.7. The van der Waals surface area contributed by atoms with Gasteiger partial charge in [-0.05, 0) is 55.8 Å². The normalized spacial score (nSPS) is 19.3. The molecular formula is C25H28ClF3N4O3. The van der Waals surface area contributed by atoms with Gasteiger partial charge in [-0.25, -0.2) is 5.01 Å². The fourth-order valence-corrected chi connectivity index (χ4v) is 4.63. The van der Waals surface area contributed by atoms with Crippen molar-refractivity contribution < 1.29 is 27.4 Å². The van der Waals surface area contributed by atoms with Crippen LogP contribution in [0.4, 0.5) is 18.9 Å². The molecule has 0 spiro atoms. The average molecular weight is 525 g/mol. The molecule has 11 heteroatoms. The lowest BCUT2D eigenvalue weighted by molar-refractivity contribution is -0.127. The van der Waals surface area contributed by atoms with Gasteiger partial charge < -0.3 is 14.8 Å². The Bertz CT molecular complexity index is 1070. The highest BCUT2D eigenvalue weighted by atomic mass is 35.5. The van der Waals surface area contributed by atoms with Crippen LogP contribution < -0.4 is 15.1 Å². The van der Waals surface area contributed by atoms with Gasteiger partial charge in [0.2, 0.25) is 5.91 Å². The molecule has 0 aromatic heterocycles. The molecule has 4 rings (SSSR count). The number of anilines is 1. The lowest BCUT2D eigenvalue weighted by Gasteiger charge is -2.28. The lowest BCUT2D eigenvalue weighted by atomic mass is 10.1. The molecule has 36 heavy (non-hydrogen) atoms. The Morgan fingerprint density at radius 2 is 1.86 bits per heavy atom. The third-order valence-corrected chi connectivity index (χ3v) is 6.60. The molecule has 2 aliphatic rings. The van der Waals surface area contributed by atoms with Gasteiger partial charge >= 0.3 is 6.18 Å². The molecule has 2 unspecified atom stereocenters. The van der Waals surface area contributed by atoms with E-state index in [9.17, 15) is 18.0 Å². The van der Waals surface area contributed by atoms with Crippen LogP contribution >= 0.6 is 11.6 Å². The fraction of sp³-hybridized carbons (Fsp3) is 0.440. The molecule has 0 radical (unpaired) electrons. The second kappa shape index (κ2) is 11.5. The van der Waals surface area contributed by atoms with Crippen molar-refractivity contribution in [2.24, 2.45) is 5.10 Å². The Morgan fingerprint density at radius 3 is 2.50 bits per heavy atom. The lowest BCUT2D eigenvalue weighted by Crippen LogP contribution is -2.40. The van der Waals surface area contributed by atoms with Crippen molar-refractivity contribution in [3.8, 4) is 5.75 Å². The molecule has 194 valence electrons. The molecule has 1 fully saturated rings. The summed E-state index contributed by atoms with van der Waals surface area (Å²) in [7, 11) is 1.60. The van der Waals surface area contributed by atoms with E-state index < -0.39 is 37.1 Å². The predicted molar refractivity (Wildman–Crippen MR) is 131 cm³/mol. The summed E-state index contributed by atoms with van der Waals surface area (Å²) in [6.45, 7) is 1.78. The van der Waals surface area contributed by atoms with Crippen molar-refractivity contribution in [2.45, 2.75) is 37.7 Å². The Kier molecular flexibility index (Phi) is 8.38. The van der Waals surface area contributed by atoms with Crippen LogP contribution in [0.2, 0.25) is 5.02 Å². The number of hydrogen-bond acceptors (Lipinski definition) is 6. The topological polar surface area (TPSA) is 66.4 Å². The number of ether oxygens (including phenoxy) is 2. The molecule has 1 saturated heterocycles. The van der Waals surface area contributed by atoms with E-state index in [4.69, 9.17) is 21.1 Å².